The van der Waals surface area contributed by atoms with Crippen LogP contribution >= 0.6 is 0 Å². The molecule has 1 aliphatic rings. The zero-order valence-electron chi connectivity index (χ0n) is 22.8. The number of anilines is 2. The molecule has 3 rings (SSSR count). The number of hydrogen-bond donors (Lipinski definition) is 3. The number of carbonyl (C=O) groups excluding carboxylic acids is 4. The highest BCUT2D eigenvalue weighted by atomic mass is 16.6. The number of allylic oxidation sites excluding steroid dienone is 2. The monoisotopic (exact) mass is 532 g/mol. The third kappa shape index (κ3) is 9.14. The first kappa shape index (κ1) is 29.2. The summed E-state index contributed by atoms with van der Waals surface area (Å²) in [5, 5.41) is 8.36. The van der Waals surface area contributed by atoms with E-state index in [4.69, 9.17) is 4.74 Å². The van der Waals surface area contributed by atoms with E-state index in [0.29, 0.717) is 23.3 Å². The van der Waals surface area contributed by atoms with Gasteiger partial charge in [-0.05, 0) is 75.8 Å². The van der Waals surface area contributed by atoms with Crippen molar-refractivity contribution in [2.24, 2.45) is 0 Å². The zero-order chi connectivity index (χ0) is 28.4. The summed E-state index contributed by atoms with van der Waals surface area (Å²) < 4.78 is 5.28. The highest BCUT2D eigenvalue weighted by molar-refractivity contribution is 6.05. The van der Waals surface area contributed by atoms with Crippen molar-refractivity contribution in [1.82, 2.24) is 10.2 Å². The normalized spacial score (nSPS) is 14.1. The highest BCUT2D eigenvalue weighted by Crippen LogP contribution is 2.24. The number of hydrogen-bond acceptors (Lipinski definition) is 5. The Balaban J connectivity index is 1.65. The molecule has 0 aromatic heterocycles. The molecule has 206 valence electrons. The largest absolute Gasteiger partial charge is 0.444 e. The maximum atomic E-state index is 13.0. The molecule has 0 aliphatic heterocycles. The van der Waals surface area contributed by atoms with Gasteiger partial charge in [-0.1, -0.05) is 42.5 Å². The first-order valence-electron chi connectivity index (χ1n) is 12.9. The van der Waals surface area contributed by atoms with E-state index in [1.807, 2.05) is 6.08 Å². The molecule has 39 heavy (non-hydrogen) atoms. The Morgan fingerprint density at radius 1 is 0.949 bits per heavy atom. The lowest BCUT2D eigenvalue weighted by atomic mass is 10.0. The molecule has 0 bridgehead atoms. The van der Waals surface area contributed by atoms with Gasteiger partial charge in [0.15, 0.2) is 0 Å². The summed E-state index contributed by atoms with van der Waals surface area (Å²) in [6, 6.07) is 13.1. The maximum Gasteiger partial charge on any atom is 0.412 e. The standard InChI is InChI=1S/C30H36N4O5/c1-30(2,3)39-29(38)33-25-13-9-8-12-24(25)32-26(36)19-16-21-14-17-22(18-15-21)27(34(4)20-35)28(37)31-23-10-6-5-7-11-23/h8-10,12-20,27H,5-7,11H2,1-4H3,(H,31,37)(H,32,36)(H,33,38)/b19-16+. The number of likely N-dealkylation sites (N-methyl/N-ethyl adjacent to an activating group) is 1. The number of ether oxygens (including phenoxy) is 1. The van der Waals surface area contributed by atoms with Crippen LogP contribution in [0.2, 0.25) is 0 Å². The van der Waals surface area contributed by atoms with Gasteiger partial charge in [-0.2, -0.15) is 0 Å². The minimum Gasteiger partial charge on any atom is -0.444 e. The van der Waals surface area contributed by atoms with E-state index < -0.39 is 23.6 Å². The molecule has 4 amide bonds. The number of benzene rings is 2. The number of para-hydroxylation sites is 2. The second-order valence-electron chi connectivity index (χ2n) is 10.3. The molecule has 0 fully saturated rings. The van der Waals surface area contributed by atoms with E-state index in [2.05, 4.69) is 16.0 Å². The molecule has 2 aromatic rings. The molecule has 3 N–H and O–H groups in total. The minimum atomic E-state index is -0.777. The Kier molecular flexibility index (Phi) is 10.0. The van der Waals surface area contributed by atoms with Gasteiger partial charge in [0.05, 0.1) is 11.4 Å². The zero-order valence-corrected chi connectivity index (χ0v) is 22.8. The Morgan fingerprint density at radius 3 is 2.21 bits per heavy atom. The van der Waals surface area contributed by atoms with Crippen molar-refractivity contribution in [2.75, 3.05) is 17.7 Å². The van der Waals surface area contributed by atoms with E-state index in [-0.39, 0.29) is 5.91 Å². The van der Waals surface area contributed by atoms with Crippen molar-refractivity contribution in [1.29, 1.82) is 0 Å². The van der Waals surface area contributed by atoms with Gasteiger partial charge in [-0.25, -0.2) is 4.79 Å². The summed E-state index contributed by atoms with van der Waals surface area (Å²) in [7, 11) is 1.57. The van der Waals surface area contributed by atoms with Crippen LogP contribution in [0.15, 0.2) is 66.4 Å². The molecule has 0 heterocycles. The fourth-order valence-electron chi connectivity index (χ4n) is 4.06. The van der Waals surface area contributed by atoms with Crippen molar-refractivity contribution in [3.05, 3.63) is 77.5 Å². The Morgan fingerprint density at radius 2 is 1.62 bits per heavy atom. The molecule has 1 atom stereocenters. The molecule has 9 heteroatoms. The van der Waals surface area contributed by atoms with Crippen LogP contribution < -0.4 is 16.0 Å². The van der Waals surface area contributed by atoms with E-state index in [1.54, 1.807) is 82.4 Å². The third-order valence-corrected chi connectivity index (χ3v) is 5.90. The molecular weight excluding hydrogens is 496 g/mol. The maximum absolute atomic E-state index is 13.0. The molecule has 0 spiro atoms. The van der Waals surface area contributed by atoms with Gasteiger partial charge >= 0.3 is 6.09 Å². The second kappa shape index (κ2) is 13.4. The van der Waals surface area contributed by atoms with Crippen molar-refractivity contribution in [3.8, 4) is 0 Å². The fraction of sp³-hybridized carbons (Fsp3) is 0.333. The number of rotatable bonds is 9. The summed E-state index contributed by atoms with van der Waals surface area (Å²) in [5.74, 6) is -0.657. The van der Waals surface area contributed by atoms with E-state index >= 15 is 0 Å². The third-order valence-electron chi connectivity index (χ3n) is 5.90. The van der Waals surface area contributed by atoms with Gasteiger partial charge in [-0.3, -0.25) is 19.7 Å². The molecule has 0 saturated carbocycles. The lowest BCUT2D eigenvalue weighted by Gasteiger charge is -2.25. The number of nitrogens with one attached hydrogen (secondary N) is 3. The number of amides is 4. The fourth-order valence-corrected chi connectivity index (χ4v) is 4.06. The molecule has 9 nitrogen and oxygen atoms in total. The lowest BCUT2D eigenvalue weighted by molar-refractivity contribution is -0.131. The smallest absolute Gasteiger partial charge is 0.412 e. The predicted octanol–water partition coefficient (Wildman–Crippen LogP) is 5.39. The van der Waals surface area contributed by atoms with Crippen LogP contribution in [0.1, 0.15) is 63.6 Å². The Hall–Kier alpha value is -4.40. The minimum absolute atomic E-state index is 0.265. The number of carbonyl (C=O) groups is 4. The van der Waals surface area contributed by atoms with Crippen molar-refractivity contribution >= 4 is 41.8 Å². The molecule has 1 unspecified atom stereocenters. The molecule has 0 saturated heterocycles. The first-order chi connectivity index (χ1) is 18.6. The summed E-state index contributed by atoms with van der Waals surface area (Å²) in [6.07, 6.45) is 8.94. The highest BCUT2D eigenvalue weighted by Gasteiger charge is 2.25. The van der Waals surface area contributed by atoms with Crippen LogP contribution in [0.5, 0.6) is 0 Å². The molecule has 1 aliphatic carbocycles. The lowest BCUT2D eigenvalue weighted by Crippen LogP contribution is -2.38. The topological polar surface area (TPSA) is 117 Å². The van der Waals surface area contributed by atoms with Crippen LogP contribution in [-0.4, -0.2) is 41.9 Å². The molecule has 0 radical (unpaired) electrons. The van der Waals surface area contributed by atoms with Gasteiger partial charge in [0.2, 0.25) is 12.3 Å². The van der Waals surface area contributed by atoms with E-state index in [0.717, 1.165) is 36.9 Å². The van der Waals surface area contributed by atoms with Crippen LogP contribution in [0.25, 0.3) is 6.08 Å². The SMILES string of the molecule is CN(C=O)C(C(=O)NC1=CCCCC1)c1ccc(/C=C/C(=O)Nc2ccccc2NC(=O)OC(C)(C)C)cc1. The van der Waals surface area contributed by atoms with Gasteiger partial charge in [0.25, 0.3) is 5.91 Å². The Bertz CT molecular complexity index is 1240. The van der Waals surface area contributed by atoms with Crippen molar-refractivity contribution in [3.63, 3.8) is 0 Å². The van der Waals surface area contributed by atoms with Crippen molar-refractivity contribution in [2.45, 2.75) is 58.1 Å². The summed E-state index contributed by atoms with van der Waals surface area (Å²) >= 11 is 0. The predicted molar refractivity (Wildman–Crippen MR) is 152 cm³/mol. The number of nitrogens with zero attached hydrogens (tertiary/aromatic N) is 1. The summed E-state index contributed by atoms with van der Waals surface area (Å²) in [5.41, 5.74) is 2.46. The van der Waals surface area contributed by atoms with Gasteiger partial charge in [0.1, 0.15) is 11.6 Å². The van der Waals surface area contributed by atoms with Gasteiger partial charge in [-0.15, -0.1) is 0 Å². The second-order valence-corrected chi connectivity index (χ2v) is 10.3. The van der Waals surface area contributed by atoms with E-state index in [1.165, 1.54) is 11.0 Å². The van der Waals surface area contributed by atoms with Crippen LogP contribution in [-0.2, 0) is 19.1 Å². The van der Waals surface area contributed by atoms with E-state index in [9.17, 15) is 19.2 Å². The van der Waals surface area contributed by atoms with Crippen LogP contribution in [0.4, 0.5) is 16.2 Å². The van der Waals surface area contributed by atoms with Crippen LogP contribution in [0.3, 0.4) is 0 Å². The van der Waals surface area contributed by atoms with Crippen molar-refractivity contribution < 1.29 is 23.9 Å². The summed E-state index contributed by atoms with van der Waals surface area (Å²) in [4.78, 5) is 50.6. The molecular formula is C30H36N4O5. The summed E-state index contributed by atoms with van der Waals surface area (Å²) in [6.45, 7) is 5.30. The Labute approximate surface area is 229 Å². The van der Waals surface area contributed by atoms with Crippen LogP contribution in [0, 0.1) is 0 Å². The first-order valence-corrected chi connectivity index (χ1v) is 12.9. The quantitative estimate of drug-likeness (QED) is 0.296. The average Bonchev–Trinajstić information content (AvgIpc) is 2.89. The molecule has 2 aromatic carbocycles. The average molecular weight is 533 g/mol. The van der Waals surface area contributed by atoms with Gasteiger partial charge in [0, 0.05) is 18.8 Å². The van der Waals surface area contributed by atoms with Gasteiger partial charge < -0.3 is 20.3 Å².